The van der Waals surface area contributed by atoms with Gasteiger partial charge < -0.3 is 10.5 Å². The number of hydrogen-bond donors (Lipinski definition) is 1. The van der Waals surface area contributed by atoms with E-state index in [0.29, 0.717) is 6.54 Å². The molecule has 3 nitrogen and oxygen atoms in total. The Balaban J connectivity index is 1.98. The molecular formula is C17H28N2O. The average Bonchev–Trinajstić information content (AvgIpc) is 3.31. The van der Waals surface area contributed by atoms with Gasteiger partial charge in [-0.1, -0.05) is 30.3 Å². The molecular weight excluding hydrogens is 248 g/mol. The second-order valence-electron chi connectivity index (χ2n) is 6.10. The highest BCUT2D eigenvalue weighted by Crippen LogP contribution is 2.34. The van der Waals surface area contributed by atoms with Crippen molar-refractivity contribution in [3.63, 3.8) is 0 Å². The van der Waals surface area contributed by atoms with Crippen molar-refractivity contribution in [1.29, 1.82) is 0 Å². The van der Waals surface area contributed by atoms with Gasteiger partial charge in [-0.05, 0) is 38.2 Å². The smallest absolute Gasteiger partial charge is 0.0590 e. The standard InChI is InChI=1S/C17H28N2O/c1-17(14-18,11-10-15-6-4-3-5-7-15)19(12-13-20-2)16-8-9-16/h3-7,16H,8-14,18H2,1-2H3. The predicted molar refractivity (Wildman–Crippen MR) is 83.8 cm³/mol. The zero-order valence-electron chi connectivity index (χ0n) is 12.8. The van der Waals surface area contributed by atoms with Crippen LogP contribution in [0.1, 0.15) is 31.7 Å². The van der Waals surface area contributed by atoms with Crippen molar-refractivity contribution in [1.82, 2.24) is 4.90 Å². The number of aryl methyl sites for hydroxylation is 1. The molecule has 3 heteroatoms. The Kier molecular flexibility index (Phi) is 5.58. The molecule has 0 bridgehead atoms. The Hall–Kier alpha value is -0.900. The first-order valence-corrected chi connectivity index (χ1v) is 7.69. The lowest BCUT2D eigenvalue weighted by Crippen LogP contribution is -2.54. The summed E-state index contributed by atoms with van der Waals surface area (Å²) in [6.45, 7) is 4.80. The predicted octanol–water partition coefficient (Wildman–Crippen LogP) is 2.45. The summed E-state index contributed by atoms with van der Waals surface area (Å²) in [5.41, 5.74) is 7.60. The molecule has 0 amide bonds. The summed E-state index contributed by atoms with van der Waals surface area (Å²) in [4.78, 5) is 2.58. The Morgan fingerprint density at radius 3 is 2.55 bits per heavy atom. The van der Waals surface area contributed by atoms with Crippen LogP contribution in [-0.2, 0) is 11.2 Å². The summed E-state index contributed by atoms with van der Waals surface area (Å²) >= 11 is 0. The molecule has 1 atom stereocenters. The molecule has 2 rings (SSSR count). The van der Waals surface area contributed by atoms with Gasteiger partial charge in [0.15, 0.2) is 0 Å². The van der Waals surface area contributed by atoms with Crippen LogP contribution in [0, 0.1) is 0 Å². The number of benzene rings is 1. The average molecular weight is 276 g/mol. The highest BCUT2D eigenvalue weighted by molar-refractivity contribution is 5.15. The lowest BCUT2D eigenvalue weighted by Gasteiger charge is -2.41. The molecule has 0 radical (unpaired) electrons. The summed E-state index contributed by atoms with van der Waals surface area (Å²) in [6, 6.07) is 11.4. The quantitative estimate of drug-likeness (QED) is 0.753. The molecule has 0 aliphatic heterocycles. The number of nitrogens with two attached hydrogens (primary N) is 1. The first-order valence-electron chi connectivity index (χ1n) is 7.69. The minimum atomic E-state index is 0.0789. The molecule has 20 heavy (non-hydrogen) atoms. The van der Waals surface area contributed by atoms with Gasteiger partial charge in [0.2, 0.25) is 0 Å². The molecule has 0 saturated heterocycles. The van der Waals surface area contributed by atoms with Gasteiger partial charge in [-0.15, -0.1) is 0 Å². The fourth-order valence-electron chi connectivity index (χ4n) is 2.89. The van der Waals surface area contributed by atoms with E-state index in [-0.39, 0.29) is 5.54 Å². The lowest BCUT2D eigenvalue weighted by atomic mass is 9.91. The maximum atomic E-state index is 6.13. The second kappa shape index (κ2) is 7.21. The molecule has 1 aliphatic carbocycles. The van der Waals surface area contributed by atoms with Crippen molar-refractivity contribution in [3.8, 4) is 0 Å². The van der Waals surface area contributed by atoms with Crippen LogP contribution in [0.2, 0.25) is 0 Å². The Bertz CT molecular complexity index is 391. The van der Waals surface area contributed by atoms with Crippen LogP contribution in [0.3, 0.4) is 0 Å². The van der Waals surface area contributed by atoms with E-state index >= 15 is 0 Å². The highest BCUT2D eigenvalue weighted by Gasteiger charge is 2.39. The van der Waals surface area contributed by atoms with Crippen molar-refractivity contribution >= 4 is 0 Å². The van der Waals surface area contributed by atoms with Gasteiger partial charge in [0.25, 0.3) is 0 Å². The van der Waals surface area contributed by atoms with E-state index in [1.165, 1.54) is 18.4 Å². The van der Waals surface area contributed by atoms with Gasteiger partial charge in [-0.2, -0.15) is 0 Å². The molecule has 112 valence electrons. The highest BCUT2D eigenvalue weighted by atomic mass is 16.5. The van der Waals surface area contributed by atoms with Crippen molar-refractivity contribution in [2.45, 2.75) is 44.2 Å². The van der Waals surface area contributed by atoms with Gasteiger partial charge >= 0.3 is 0 Å². The van der Waals surface area contributed by atoms with Gasteiger partial charge in [-0.25, -0.2) is 0 Å². The van der Waals surface area contributed by atoms with Gasteiger partial charge in [0.05, 0.1) is 6.61 Å². The van der Waals surface area contributed by atoms with Crippen LogP contribution in [-0.4, -0.2) is 43.3 Å². The van der Waals surface area contributed by atoms with E-state index in [2.05, 4.69) is 42.2 Å². The molecule has 0 heterocycles. The normalized spacial score (nSPS) is 18.2. The van der Waals surface area contributed by atoms with Crippen LogP contribution in [0.5, 0.6) is 0 Å². The minimum Gasteiger partial charge on any atom is -0.383 e. The maximum absolute atomic E-state index is 6.13. The van der Waals surface area contributed by atoms with Crippen molar-refractivity contribution in [3.05, 3.63) is 35.9 Å². The molecule has 0 aromatic heterocycles. The molecule has 1 saturated carbocycles. The third-order valence-electron chi connectivity index (χ3n) is 4.45. The fourth-order valence-corrected chi connectivity index (χ4v) is 2.89. The Labute approximate surface area is 123 Å². The lowest BCUT2D eigenvalue weighted by molar-refractivity contribution is 0.0581. The van der Waals surface area contributed by atoms with E-state index in [1.54, 1.807) is 7.11 Å². The van der Waals surface area contributed by atoms with Crippen LogP contribution in [0.4, 0.5) is 0 Å². The van der Waals surface area contributed by atoms with E-state index in [0.717, 1.165) is 32.0 Å². The van der Waals surface area contributed by atoms with Crippen molar-refractivity contribution in [2.24, 2.45) is 5.73 Å². The number of nitrogens with zero attached hydrogens (tertiary/aromatic N) is 1. The number of hydrogen-bond acceptors (Lipinski definition) is 3. The number of rotatable bonds is 9. The zero-order chi connectivity index (χ0) is 14.4. The number of methoxy groups -OCH3 is 1. The topological polar surface area (TPSA) is 38.5 Å². The molecule has 1 unspecified atom stereocenters. The molecule has 1 aliphatic rings. The first-order chi connectivity index (χ1) is 9.69. The fraction of sp³-hybridized carbons (Fsp3) is 0.647. The van der Waals surface area contributed by atoms with Crippen LogP contribution in [0.15, 0.2) is 30.3 Å². The van der Waals surface area contributed by atoms with Crippen molar-refractivity contribution in [2.75, 3.05) is 26.8 Å². The third-order valence-corrected chi connectivity index (χ3v) is 4.45. The van der Waals surface area contributed by atoms with Crippen molar-refractivity contribution < 1.29 is 4.74 Å². The minimum absolute atomic E-state index is 0.0789. The van der Waals surface area contributed by atoms with E-state index < -0.39 is 0 Å². The molecule has 2 N–H and O–H groups in total. The van der Waals surface area contributed by atoms with E-state index in [4.69, 9.17) is 10.5 Å². The SMILES string of the molecule is COCCN(C1CC1)C(C)(CN)CCc1ccccc1. The maximum Gasteiger partial charge on any atom is 0.0590 e. The van der Waals surface area contributed by atoms with Gasteiger partial charge in [0, 0.05) is 31.8 Å². The van der Waals surface area contributed by atoms with Crippen LogP contribution >= 0.6 is 0 Å². The summed E-state index contributed by atoms with van der Waals surface area (Å²) in [5, 5.41) is 0. The van der Waals surface area contributed by atoms with Crippen LogP contribution < -0.4 is 5.73 Å². The zero-order valence-corrected chi connectivity index (χ0v) is 12.8. The molecule has 1 aromatic carbocycles. The monoisotopic (exact) mass is 276 g/mol. The van der Waals surface area contributed by atoms with E-state index in [9.17, 15) is 0 Å². The Morgan fingerprint density at radius 1 is 1.30 bits per heavy atom. The Morgan fingerprint density at radius 2 is 2.00 bits per heavy atom. The summed E-state index contributed by atoms with van der Waals surface area (Å²) in [7, 11) is 1.77. The first kappa shape index (κ1) is 15.5. The third kappa shape index (κ3) is 4.05. The second-order valence-corrected chi connectivity index (χ2v) is 6.10. The molecule has 1 aromatic rings. The molecule has 0 spiro atoms. The number of ether oxygens (including phenoxy) is 1. The summed E-state index contributed by atoms with van der Waals surface area (Å²) < 4.78 is 5.27. The molecule has 1 fully saturated rings. The largest absolute Gasteiger partial charge is 0.383 e. The van der Waals surface area contributed by atoms with E-state index in [1.807, 2.05) is 0 Å². The van der Waals surface area contributed by atoms with Gasteiger partial charge in [0.1, 0.15) is 0 Å². The van der Waals surface area contributed by atoms with Gasteiger partial charge in [-0.3, -0.25) is 4.90 Å². The van der Waals surface area contributed by atoms with Crippen LogP contribution in [0.25, 0.3) is 0 Å². The summed E-state index contributed by atoms with van der Waals surface area (Å²) in [5.74, 6) is 0. The summed E-state index contributed by atoms with van der Waals surface area (Å²) in [6.07, 6.45) is 4.81.